The Kier molecular flexibility index (Phi) is 2.00. The molecule has 0 N–H and O–H groups in total. The van der Waals surface area contributed by atoms with Crippen LogP contribution < -0.4 is 0 Å². The van der Waals surface area contributed by atoms with Gasteiger partial charge in [-0.1, -0.05) is 0 Å². The maximum atomic E-state index is 12.3. The van der Waals surface area contributed by atoms with Gasteiger partial charge in [0.25, 0.3) is 0 Å². The Morgan fingerprint density at radius 3 is 2.56 bits per heavy atom. The van der Waals surface area contributed by atoms with Gasteiger partial charge in [-0.3, -0.25) is 9.59 Å². The van der Waals surface area contributed by atoms with Crippen LogP contribution in [0.1, 0.15) is 33.1 Å². The quantitative estimate of drug-likeness (QED) is 0.619. The molecule has 3 rings (SSSR count). The molecule has 2 heterocycles. The third-order valence-electron chi connectivity index (χ3n) is 4.69. The van der Waals surface area contributed by atoms with Gasteiger partial charge in [-0.25, -0.2) is 0 Å². The number of amides is 1. The number of hydrogen-bond donors (Lipinski definition) is 0. The Morgan fingerprint density at radius 1 is 1.06 bits per heavy atom. The van der Waals surface area contributed by atoms with E-state index in [1.54, 1.807) is 6.92 Å². The van der Waals surface area contributed by atoms with E-state index in [9.17, 15) is 9.59 Å². The molecular formula is C13H17NO2. The lowest BCUT2D eigenvalue weighted by atomic mass is 9.92. The normalized spacial score (nSPS) is 38.1. The molecule has 0 unspecified atom stereocenters. The minimum absolute atomic E-state index is 0.0916. The lowest BCUT2D eigenvalue weighted by Crippen LogP contribution is -2.40. The SMILES string of the molecule is CC1=C(C)C(=O)N2CC[C@@H]3CC[C@H](C1=O)[C@@H]32. The van der Waals surface area contributed by atoms with Crippen molar-refractivity contribution in [3.05, 3.63) is 11.1 Å². The first-order valence-electron chi connectivity index (χ1n) is 6.14. The summed E-state index contributed by atoms with van der Waals surface area (Å²) < 4.78 is 0. The lowest BCUT2D eigenvalue weighted by Gasteiger charge is -2.26. The van der Waals surface area contributed by atoms with Gasteiger partial charge in [0.2, 0.25) is 5.91 Å². The molecule has 2 fully saturated rings. The first kappa shape index (κ1) is 10.1. The topological polar surface area (TPSA) is 37.4 Å². The average molecular weight is 219 g/mol. The first-order valence-corrected chi connectivity index (χ1v) is 6.14. The van der Waals surface area contributed by atoms with Gasteiger partial charge >= 0.3 is 0 Å². The summed E-state index contributed by atoms with van der Waals surface area (Å²) in [6.07, 6.45) is 3.19. The number of carbonyl (C=O) groups is 2. The Balaban J connectivity index is 2.11. The molecule has 16 heavy (non-hydrogen) atoms. The fraction of sp³-hybridized carbons (Fsp3) is 0.692. The molecule has 3 heteroatoms. The fourth-order valence-electron chi connectivity index (χ4n) is 3.67. The van der Waals surface area contributed by atoms with Crippen LogP contribution in [0.15, 0.2) is 11.1 Å². The molecule has 0 aromatic heterocycles. The van der Waals surface area contributed by atoms with Crippen molar-refractivity contribution in [2.24, 2.45) is 11.8 Å². The number of nitrogens with zero attached hydrogens (tertiary/aromatic N) is 1. The summed E-state index contributed by atoms with van der Waals surface area (Å²) in [5.74, 6) is 0.996. The van der Waals surface area contributed by atoms with Crippen molar-refractivity contribution in [3.63, 3.8) is 0 Å². The zero-order valence-electron chi connectivity index (χ0n) is 9.82. The highest BCUT2D eigenvalue weighted by Gasteiger charge is 2.50. The predicted molar refractivity (Wildman–Crippen MR) is 59.7 cm³/mol. The summed E-state index contributed by atoms with van der Waals surface area (Å²) in [5, 5.41) is 0. The summed E-state index contributed by atoms with van der Waals surface area (Å²) in [5.41, 5.74) is 1.37. The van der Waals surface area contributed by atoms with Gasteiger partial charge in [0.1, 0.15) is 0 Å². The van der Waals surface area contributed by atoms with Crippen LogP contribution in [0.25, 0.3) is 0 Å². The van der Waals surface area contributed by atoms with Crippen LogP contribution in [-0.2, 0) is 9.59 Å². The van der Waals surface area contributed by atoms with Gasteiger partial charge < -0.3 is 4.90 Å². The molecule has 0 bridgehead atoms. The van der Waals surface area contributed by atoms with Crippen LogP contribution >= 0.6 is 0 Å². The van der Waals surface area contributed by atoms with E-state index in [0.29, 0.717) is 17.1 Å². The molecule has 86 valence electrons. The molecule has 3 nitrogen and oxygen atoms in total. The summed E-state index contributed by atoms with van der Waals surface area (Å²) in [4.78, 5) is 26.4. The highest BCUT2D eigenvalue weighted by Crippen LogP contribution is 2.45. The molecular weight excluding hydrogens is 202 g/mol. The predicted octanol–water partition coefficient (Wildman–Crippen LogP) is 1.53. The maximum Gasteiger partial charge on any atom is 0.250 e. The monoisotopic (exact) mass is 219 g/mol. The van der Waals surface area contributed by atoms with Crippen molar-refractivity contribution < 1.29 is 9.59 Å². The van der Waals surface area contributed by atoms with Crippen molar-refractivity contribution in [3.8, 4) is 0 Å². The highest BCUT2D eigenvalue weighted by atomic mass is 16.2. The van der Waals surface area contributed by atoms with Gasteiger partial charge in [-0.2, -0.15) is 0 Å². The summed E-state index contributed by atoms with van der Waals surface area (Å²) in [6, 6.07) is 0.215. The van der Waals surface area contributed by atoms with Crippen molar-refractivity contribution in [1.82, 2.24) is 4.90 Å². The molecule has 1 saturated heterocycles. The summed E-state index contributed by atoms with van der Waals surface area (Å²) in [7, 11) is 0. The number of ketones is 1. The Morgan fingerprint density at radius 2 is 1.81 bits per heavy atom. The molecule has 1 amide bonds. The van der Waals surface area contributed by atoms with Crippen LogP contribution in [0, 0.1) is 11.8 Å². The van der Waals surface area contributed by atoms with Gasteiger partial charge in [0, 0.05) is 29.7 Å². The zero-order valence-corrected chi connectivity index (χ0v) is 9.82. The summed E-state index contributed by atoms with van der Waals surface area (Å²) >= 11 is 0. The molecule has 0 aromatic carbocycles. The first-order chi connectivity index (χ1) is 7.61. The number of Topliss-reactive ketones (excluding diaryl/α,β-unsaturated/α-hetero) is 1. The average Bonchev–Trinajstić information content (AvgIpc) is 2.83. The van der Waals surface area contributed by atoms with Gasteiger partial charge in [-0.05, 0) is 39.0 Å². The van der Waals surface area contributed by atoms with E-state index < -0.39 is 0 Å². The van der Waals surface area contributed by atoms with Crippen LogP contribution in [0.3, 0.4) is 0 Å². The van der Waals surface area contributed by atoms with Crippen LogP contribution in [0.4, 0.5) is 0 Å². The van der Waals surface area contributed by atoms with Gasteiger partial charge in [0.15, 0.2) is 5.78 Å². The minimum Gasteiger partial charge on any atom is -0.335 e. The van der Waals surface area contributed by atoms with E-state index in [2.05, 4.69) is 0 Å². The largest absolute Gasteiger partial charge is 0.335 e. The summed E-state index contributed by atoms with van der Waals surface area (Å²) in [6.45, 7) is 4.46. The Hall–Kier alpha value is -1.12. The van der Waals surface area contributed by atoms with Crippen molar-refractivity contribution in [1.29, 1.82) is 0 Å². The number of allylic oxidation sites excluding steroid dienone is 1. The van der Waals surface area contributed by atoms with E-state index in [1.165, 1.54) is 0 Å². The van der Waals surface area contributed by atoms with E-state index in [0.717, 1.165) is 25.8 Å². The van der Waals surface area contributed by atoms with Crippen LogP contribution in [0.5, 0.6) is 0 Å². The van der Waals surface area contributed by atoms with Crippen molar-refractivity contribution in [2.75, 3.05) is 6.54 Å². The third kappa shape index (κ3) is 1.09. The molecule has 0 spiro atoms. The Bertz CT molecular complexity index is 374. The van der Waals surface area contributed by atoms with E-state index in [-0.39, 0.29) is 23.7 Å². The van der Waals surface area contributed by atoms with Crippen molar-refractivity contribution >= 4 is 11.7 Å². The Labute approximate surface area is 95.5 Å². The number of carbonyl (C=O) groups excluding carboxylic acids is 2. The second kappa shape index (κ2) is 3.19. The second-order valence-electron chi connectivity index (χ2n) is 5.34. The maximum absolute atomic E-state index is 12.3. The molecule has 0 radical (unpaired) electrons. The third-order valence-corrected chi connectivity index (χ3v) is 4.69. The van der Waals surface area contributed by atoms with E-state index in [1.807, 2.05) is 11.8 Å². The fourth-order valence-corrected chi connectivity index (χ4v) is 3.67. The lowest BCUT2D eigenvalue weighted by molar-refractivity contribution is -0.129. The second-order valence-corrected chi connectivity index (χ2v) is 5.34. The smallest absolute Gasteiger partial charge is 0.250 e. The molecule has 1 aliphatic carbocycles. The zero-order chi connectivity index (χ0) is 11.4. The van der Waals surface area contributed by atoms with E-state index >= 15 is 0 Å². The highest BCUT2D eigenvalue weighted by molar-refractivity contribution is 6.08. The van der Waals surface area contributed by atoms with Crippen LogP contribution in [0.2, 0.25) is 0 Å². The molecule has 3 atom stereocenters. The molecule has 2 aliphatic heterocycles. The number of rotatable bonds is 0. The molecule has 1 saturated carbocycles. The molecule has 0 aromatic rings. The van der Waals surface area contributed by atoms with Gasteiger partial charge in [0.05, 0.1) is 0 Å². The minimum atomic E-state index is 0.0916. The van der Waals surface area contributed by atoms with Crippen molar-refractivity contribution in [2.45, 2.75) is 39.2 Å². The standard InChI is InChI=1S/C13H17NO2/c1-7-8(2)13(16)14-6-5-9-3-4-10(11(9)14)12(7)15/h9-11H,3-6H2,1-2H3/t9-,10-,11+/m0/s1. The van der Waals surface area contributed by atoms with E-state index in [4.69, 9.17) is 0 Å². The number of hydrogen-bond acceptors (Lipinski definition) is 2. The molecule has 3 aliphatic rings. The van der Waals surface area contributed by atoms with Gasteiger partial charge in [-0.15, -0.1) is 0 Å². The van der Waals surface area contributed by atoms with Crippen LogP contribution in [-0.4, -0.2) is 29.2 Å².